The normalized spacial score (nSPS) is 10.7. The molecule has 1 N–H and O–H groups in total. The Morgan fingerprint density at radius 1 is 1.11 bits per heavy atom. The van der Waals surface area contributed by atoms with Gasteiger partial charge in [-0.3, -0.25) is 14.9 Å². The van der Waals surface area contributed by atoms with Crippen molar-refractivity contribution in [2.24, 2.45) is 0 Å². The van der Waals surface area contributed by atoms with Crippen LogP contribution in [0.5, 0.6) is 5.75 Å². The number of carbonyl (C=O) groups is 2. The molecule has 0 spiro atoms. The first kappa shape index (κ1) is 24.4. The van der Waals surface area contributed by atoms with Crippen LogP contribution in [-0.2, 0) is 16.1 Å². The van der Waals surface area contributed by atoms with E-state index in [9.17, 15) is 14.0 Å². The Morgan fingerprint density at radius 2 is 1.89 bits per heavy atom. The van der Waals surface area contributed by atoms with Crippen LogP contribution in [0, 0.1) is 5.82 Å². The van der Waals surface area contributed by atoms with Crippen LogP contribution in [0.15, 0.2) is 65.1 Å². The van der Waals surface area contributed by atoms with Crippen LogP contribution < -0.4 is 10.1 Å². The zero-order valence-electron chi connectivity index (χ0n) is 18.5. The maximum Gasteiger partial charge on any atom is 0.316 e. The first-order chi connectivity index (χ1) is 17.0. The Morgan fingerprint density at radius 3 is 2.63 bits per heavy atom. The highest BCUT2D eigenvalue weighted by molar-refractivity contribution is 8.01. The van der Waals surface area contributed by atoms with Gasteiger partial charge in [-0.25, -0.2) is 9.07 Å². The number of hydrogen-bond donors (Lipinski definition) is 1. The Balaban J connectivity index is 1.35. The third kappa shape index (κ3) is 6.64. The molecule has 2 aromatic carbocycles. The zero-order chi connectivity index (χ0) is 24.6. The summed E-state index contributed by atoms with van der Waals surface area (Å²) in [5.74, 6) is -0.962. The number of esters is 1. The van der Waals surface area contributed by atoms with Crippen LogP contribution in [0.2, 0.25) is 0 Å². The second-order valence-corrected chi connectivity index (χ2v) is 9.16. The van der Waals surface area contributed by atoms with E-state index >= 15 is 0 Å². The highest BCUT2D eigenvalue weighted by Crippen LogP contribution is 2.27. The lowest BCUT2D eigenvalue weighted by Gasteiger charge is -2.03. The first-order valence-electron chi connectivity index (χ1n) is 10.5. The SMILES string of the molecule is CCOc1cn(-c2ccc(F)cc2)nc1C(=O)Nc1nnc(SCC(=O)OCc2ccccc2)s1. The minimum Gasteiger partial charge on any atom is -0.490 e. The predicted molar refractivity (Wildman–Crippen MR) is 130 cm³/mol. The summed E-state index contributed by atoms with van der Waals surface area (Å²) in [5, 5.41) is 15.1. The summed E-state index contributed by atoms with van der Waals surface area (Å²) in [6.07, 6.45) is 1.55. The number of benzene rings is 2. The highest BCUT2D eigenvalue weighted by Gasteiger charge is 2.21. The standard InChI is InChI=1S/C23H20FN5O4S2/c1-2-32-18-12-29(17-10-8-16(24)9-11-17)28-20(18)21(31)25-22-26-27-23(35-22)34-14-19(30)33-13-15-6-4-3-5-7-15/h3-12H,2,13-14H2,1H3,(H,25,26,31). The molecule has 2 aromatic heterocycles. The summed E-state index contributed by atoms with van der Waals surface area (Å²) in [6, 6.07) is 15.1. The molecule has 0 fully saturated rings. The minimum absolute atomic E-state index is 0.0464. The topological polar surface area (TPSA) is 108 Å². The van der Waals surface area contributed by atoms with E-state index in [0.29, 0.717) is 16.6 Å². The lowest BCUT2D eigenvalue weighted by atomic mass is 10.2. The molecule has 2 heterocycles. The van der Waals surface area contributed by atoms with Gasteiger partial charge in [0.2, 0.25) is 5.13 Å². The number of amides is 1. The highest BCUT2D eigenvalue weighted by atomic mass is 32.2. The second-order valence-electron chi connectivity index (χ2n) is 6.96. The fraction of sp³-hybridized carbons (Fsp3) is 0.174. The minimum atomic E-state index is -0.538. The molecule has 35 heavy (non-hydrogen) atoms. The number of carbonyl (C=O) groups excluding carboxylic acids is 2. The van der Waals surface area contributed by atoms with Crippen molar-refractivity contribution in [3.05, 3.63) is 77.9 Å². The van der Waals surface area contributed by atoms with E-state index in [2.05, 4.69) is 20.6 Å². The second kappa shape index (κ2) is 11.6. The van der Waals surface area contributed by atoms with E-state index in [1.807, 2.05) is 30.3 Å². The van der Waals surface area contributed by atoms with E-state index in [1.165, 1.54) is 28.6 Å². The number of halogens is 1. The quantitative estimate of drug-likeness (QED) is 0.189. The number of nitrogens with one attached hydrogen (secondary N) is 1. The molecule has 1 amide bonds. The summed E-state index contributed by atoms with van der Waals surface area (Å²) in [7, 11) is 0. The van der Waals surface area contributed by atoms with Gasteiger partial charge in [-0.1, -0.05) is 53.4 Å². The van der Waals surface area contributed by atoms with Crippen molar-refractivity contribution >= 4 is 40.1 Å². The van der Waals surface area contributed by atoms with E-state index in [0.717, 1.165) is 16.9 Å². The van der Waals surface area contributed by atoms with Gasteiger partial charge in [0.15, 0.2) is 15.8 Å². The zero-order valence-corrected chi connectivity index (χ0v) is 20.1. The van der Waals surface area contributed by atoms with Crippen LogP contribution in [-0.4, -0.2) is 44.2 Å². The van der Waals surface area contributed by atoms with Gasteiger partial charge in [0.05, 0.1) is 24.2 Å². The van der Waals surface area contributed by atoms with Crippen LogP contribution in [0.1, 0.15) is 23.0 Å². The third-order valence-corrected chi connectivity index (χ3v) is 6.42. The predicted octanol–water partition coefficient (Wildman–Crippen LogP) is 4.35. The van der Waals surface area contributed by atoms with Crippen molar-refractivity contribution in [1.82, 2.24) is 20.0 Å². The van der Waals surface area contributed by atoms with Crippen molar-refractivity contribution < 1.29 is 23.5 Å². The maximum absolute atomic E-state index is 13.2. The molecule has 0 atom stereocenters. The molecular formula is C23H20FN5O4S2. The lowest BCUT2D eigenvalue weighted by molar-refractivity contribution is -0.141. The molecule has 0 aliphatic heterocycles. The largest absolute Gasteiger partial charge is 0.490 e. The summed E-state index contributed by atoms with van der Waals surface area (Å²) in [6.45, 7) is 2.32. The fourth-order valence-electron chi connectivity index (χ4n) is 2.88. The molecule has 0 radical (unpaired) electrons. The van der Waals surface area contributed by atoms with Gasteiger partial charge in [-0.05, 0) is 36.8 Å². The van der Waals surface area contributed by atoms with Crippen LogP contribution >= 0.6 is 23.1 Å². The number of aromatic nitrogens is 4. The molecule has 9 nitrogen and oxygen atoms in total. The van der Waals surface area contributed by atoms with Gasteiger partial charge in [0, 0.05) is 0 Å². The van der Waals surface area contributed by atoms with Gasteiger partial charge in [-0.2, -0.15) is 5.10 Å². The molecule has 0 saturated carbocycles. The smallest absolute Gasteiger partial charge is 0.316 e. The molecule has 180 valence electrons. The first-order valence-corrected chi connectivity index (χ1v) is 12.3. The maximum atomic E-state index is 13.2. The molecule has 4 rings (SSSR count). The van der Waals surface area contributed by atoms with E-state index < -0.39 is 5.91 Å². The van der Waals surface area contributed by atoms with Gasteiger partial charge in [-0.15, -0.1) is 10.2 Å². The number of rotatable bonds is 10. The third-order valence-electron chi connectivity index (χ3n) is 4.47. The van der Waals surface area contributed by atoms with Crippen molar-refractivity contribution in [1.29, 1.82) is 0 Å². The Bertz CT molecular complexity index is 1300. The average Bonchev–Trinajstić information content (AvgIpc) is 3.50. The van der Waals surface area contributed by atoms with E-state index in [-0.39, 0.29) is 40.7 Å². The lowest BCUT2D eigenvalue weighted by Crippen LogP contribution is -2.14. The van der Waals surface area contributed by atoms with Crippen LogP contribution in [0.25, 0.3) is 5.69 Å². The molecule has 4 aromatic rings. The average molecular weight is 514 g/mol. The van der Waals surface area contributed by atoms with Crippen molar-refractivity contribution in [3.8, 4) is 11.4 Å². The van der Waals surface area contributed by atoms with Crippen LogP contribution in [0.4, 0.5) is 9.52 Å². The van der Waals surface area contributed by atoms with E-state index in [4.69, 9.17) is 9.47 Å². The van der Waals surface area contributed by atoms with Gasteiger partial charge in [0.1, 0.15) is 12.4 Å². The Hall–Kier alpha value is -3.77. The summed E-state index contributed by atoms with van der Waals surface area (Å²) < 4.78 is 25.9. The fourth-order valence-corrected chi connectivity index (χ4v) is 4.42. The molecule has 12 heteroatoms. The van der Waals surface area contributed by atoms with Gasteiger partial charge < -0.3 is 9.47 Å². The molecule has 0 saturated heterocycles. The molecule has 0 bridgehead atoms. The molecule has 0 aliphatic carbocycles. The number of anilines is 1. The van der Waals surface area contributed by atoms with Gasteiger partial charge >= 0.3 is 5.97 Å². The number of hydrogen-bond acceptors (Lipinski definition) is 9. The molecule has 0 aliphatic rings. The van der Waals surface area contributed by atoms with Crippen molar-refractivity contribution in [2.45, 2.75) is 17.9 Å². The molecular weight excluding hydrogens is 493 g/mol. The Kier molecular flexibility index (Phi) is 8.06. The van der Waals surface area contributed by atoms with E-state index in [1.54, 1.807) is 25.3 Å². The summed E-state index contributed by atoms with van der Waals surface area (Å²) in [4.78, 5) is 24.8. The van der Waals surface area contributed by atoms with Crippen molar-refractivity contribution in [3.63, 3.8) is 0 Å². The van der Waals surface area contributed by atoms with Gasteiger partial charge in [0.25, 0.3) is 5.91 Å². The molecule has 0 unspecified atom stereocenters. The summed E-state index contributed by atoms with van der Waals surface area (Å²) >= 11 is 2.29. The van der Waals surface area contributed by atoms with Crippen molar-refractivity contribution in [2.75, 3.05) is 17.7 Å². The number of ether oxygens (including phenoxy) is 2. The monoisotopic (exact) mass is 513 g/mol. The number of nitrogens with zero attached hydrogens (tertiary/aromatic N) is 4. The van der Waals surface area contributed by atoms with Crippen LogP contribution in [0.3, 0.4) is 0 Å². The summed E-state index contributed by atoms with van der Waals surface area (Å²) in [5.41, 5.74) is 1.52. The Labute approximate surface area is 208 Å². The number of thioether (sulfide) groups is 1.